The van der Waals surface area contributed by atoms with Crippen LogP contribution in [0.3, 0.4) is 0 Å². The van der Waals surface area contributed by atoms with Crippen molar-refractivity contribution < 1.29 is 72.6 Å². The van der Waals surface area contributed by atoms with Gasteiger partial charge in [-0.25, -0.2) is 0 Å². The first-order chi connectivity index (χ1) is 5.39. The quantitative estimate of drug-likeness (QED) is 0.433. The van der Waals surface area contributed by atoms with Gasteiger partial charge in [0.1, 0.15) is 0 Å². The molecule has 0 unspecified atom stereocenters. The first kappa shape index (κ1) is 16.0. The first-order valence-electron chi connectivity index (χ1n) is 3.86. The third kappa shape index (κ3) is 3.02. The van der Waals surface area contributed by atoms with Crippen molar-refractivity contribution >= 4 is 11.9 Å². The van der Waals surface area contributed by atoms with Crippen LogP contribution in [0.25, 0.3) is 0 Å². The Bertz CT molecular complexity index is 192. The van der Waals surface area contributed by atoms with E-state index in [2.05, 4.69) is 0 Å². The molecule has 0 saturated carbocycles. The van der Waals surface area contributed by atoms with Gasteiger partial charge in [0.05, 0.1) is 0 Å². The van der Waals surface area contributed by atoms with Crippen LogP contribution in [0.15, 0.2) is 0 Å². The third-order valence-corrected chi connectivity index (χ3v) is 2.31. The van der Waals surface area contributed by atoms with E-state index in [0.29, 0.717) is 0 Å². The second-order valence-electron chi connectivity index (χ2n) is 3.09. The molecule has 0 atom stereocenters. The maximum Gasteiger partial charge on any atom is 1.00 e. The first-order valence-corrected chi connectivity index (χ1v) is 3.86. The number of hydrogen-bond acceptors (Lipinski definition) is 2. The van der Waals surface area contributed by atoms with Gasteiger partial charge in [-0.2, -0.15) is 0 Å². The molecule has 0 aromatic carbocycles. The molecule has 0 aliphatic heterocycles. The van der Waals surface area contributed by atoms with Crippen molar-refractivity contribution in [1.29, 1.82) is 0 Å². The minimum atomic E-state index is -1.63. The number of carboxylic acid groups (broad SMARTS) is 2. The van der Waals surface area contributed by atoms with Crippen LogP contribution in [0.1, 0.15) is 28.6 Å². The van der Waals surface area contributed by atoms with Crippen LogP contribution < -0.4 is 51.4 Å². The Morgan fingerprint density at radius 2 is 1.62 bits per heavy atom. The number of hydrogen-bond donors (Lipinski definition) is 2. The van der Waals surface area contributed by atoms with Crippen molar-refractivity contribution in [3.05, 3.63) is 0 Å². The second-order valence-corrected chi connectivity index (χ2v) is 3.09. The zero-order chi connectivity index (χ0) is 9.94. The van der Waals surface area contributed by atoms with E-state index in [4.69, 9.17) is 10.2 Å². The molecular weight excluding hydrogens is 199 g/mol. The zero-order valence-electron chi connectivity index (χ0n) is 9.50. The van der Waals surface area contributed by atoms with Crippen molar-refractivity contribution in [2.75, 3.05) is 0 Å². The van der Waals surface area contributed by atoms with Gasteiger partial charge in [-0.05, 0) is 12.3 Å². The van der Waals surface area contributed by atoms with Gasteiger partial charge in [-0.15, -0.1) is 0 Å². The fourth-order valence-corrected chi connectivity index (χ4v) is 1.30. The van der Waals surface area contributed by atoms with Crippen molar-refractivity contribution in [1.82, 2.24) is 0 Å². The predicted octanol–water partition coefficient (Wildman–Crippen LogP) is -1.68. The molecule has 0 aromatic heterocycles. The molecule has 0 aliphatic carbocycles. The van der Waals surface area contributed by atoms with Crippen LogP contribution in [0.4, 0.5) is 0 Å². The molecule has 5 heteroatoms. The fraction of sp³-hybridized carbons (Fsp3) is 0.750. The van der Waals surface area contributed by atoms with Crippen LogP contribution in [-0.4, -0.2) is 22.2 Å². The Kier molecular flexibility index (Phi) is 7.56. The molecule has 0 amide bonds. The minimum Gasteiger partial charge on any atom is -1.00 e. The maximum atomic E-state index is 10.8. The van der Waals surface area contributed by atoms with Gasteiger partial charge < -0.3 is 11.6 Å². The molecule has 0 fully saturated rings. The summed E-state index contributed by atoms with van der Waals surface area (Å²) >= 11 is 0. The van der Waals surface area contributed by atoms with Gasteiger partial charge >= 0.3 is 63.3 Å². The molecule has 0 saturated heterocycles. The largest absolute Gasteiger partial charge is 1.00 e. The summed E-state index contributed by atoms with van der Waals surface area (Å²) in [6, 6.07) is 0. The number of carbonyl (C=O) groups is 2. The molecule has 0 aromatic rings. The van der Waals surface area contributed by atoms with E-state index in [1.165, 1.54) is 0 Å². The minimum absolute atomic E-state index is 0. The van der Waals surface area contributed by atoms with Crippen LogP contribution in [0.2, 0.25) is 0 Å². The van der Waals surface area contributed by atoms with Gasteiger partial charge in [-0.3, -0.25) is 9.59 Å². The molecule has 0 spiro atoms. The average molecular weight is 214 g/mol. The van der Waals surface area contributed by atoms with Gasteiger partial charge in [-0.1, -0.05) is 20.8 Å². The van der Waals surface area contributed by atoms with E-state index in [1.807, 2.05) is 0 Å². The van der Waals surface area contributed by atoms with Crippen LogP contribution in [0.5, 0.6) is 0 Å². The number of carboxylic acids is 2. The summed E-state index contributed by atoms with van der Waals surface area (Å²) in [5.74, 6) is -2.92. The smallest absolute Gasteiger partial charge is 1.00 e. The van der Waals surface area contributed by atoms with Gasteiger partial charge in [0, 0.05) is 0 Å². The van der Waals surface area contributed by atoms with E-state index in [-0.39, 0.29) is 59.2 Å². The topological polar surface area (TPSA) is 74.6 Å². The Balaban J connectivity index is -0.000000605. The van der Waals surface area contributed by atoms with E-state index < -0.39 is 23.3 Å². The van der Waals surface area contributed by atoms with E-state index in [9.17, 15) is 9.59 Å². The SMILES string of the molecule is CCC(C(=O)O)(C(=O)O)C(C)C.[H-].[K+]. The molecule has 0 bridgehead atoms. The Morgan fingerprint density at radius 3 is 1.62 bits per heavy atom. The molecule has 13 heavy (non-hydrogen) atoms. The van der Waals surface area contributed by atoms with Gasteiger partial charge in [0.2, 0.25) is 0 Å². The summed E-state index contributed by atoms with van der Waals surface area (Å²) in [5.41, 5.74) is -1.63. The fourth-order valence-electron chi connectivity index (χ4n) is 1.30. The Hall–Kier alpha value is 0.576. The monoisotopic (exact) mass is 214 g/mol. The van der Waals surface area contributed by atoms with Crippen molar-refractivity contribution in [2.24, 2.45) is 11.3 Å². The second kappa shape index (κ2) is 6.13. The number of rotatable bonds is 4. The molecule has 0 aliphatic rings. The normalized spacial score (nSPS) is 10.8. The standard InChI is InChI=1S/C8H14O4.K.H/c1-4-8(5(2)3,6(9)10)7(11)12;;/h5H,4H2,1-3H3,(H,9,10)(H,11,12);;/q;+1;-1. The van der Waals surface area contributed by atoms with Crippen molar-refractivity contribution in [2.45, 2.75) is 27.2 Å². The summed E-state index contributed by atoms with van der Waals surface area (Å²) in [7, 11) is 0. The molecule has 2 N–H and O–H groups in total. The predicted molar refractivity (Wildman–Crippen MR) is 43.9 cm³/mol. The van der Waals surface area contributed by atoms with Gasteiger partial charge in [0.15, 0.2) is 5.41 Å². The molecule has 0 rings (SSSR count). The summed E-state index contributed by atoms with van der Waals surface area (Å²) in [6.07, 6.45) is 0.106. The van der Waals surface area contributed by atoms with E-state index in [0.717, 1.165) is 0 Å². The summed E-state index contributed by atoms with van der Waals surface area (Å²) < 4.78 is 0. The summed E-state index contributed by atoms with van der Waals surface area (Å²) in [4.78, 5) is 21.5. The maximum absolute atomic E-state index is 10.8. The molecule has 4 nitrogen and oxygen atoms in total. The Morgan fingerprint density at radius 1 is 1.31 bits per heavy atom. The number of aliphatic carboxylic acids is 2. The molecule has 0 heterocycles. The van der Waals surface area contributed by atoms with E-state index >= 15 is 0 Å². The van der Waals surface area contributed by atoms with Crippen LogP contribution in [0, 0.1) is 11.3 Å². The van der Waals surface area contributed by atoms with Crippen LogP contribution >= 0.6 is 0 Å². The van der Waals surface area contributed by atoms with Crippen molar-refractivity contribution in [3.8, 4) is 0 Å². The zero-order valence-corrected chi connectivity index (χ0v) is 11.6. The summed E-state index contributed by atoms with van der Waals surface area (Å²) in [6.45, 7) is 4.78. The molecular formula is C8H15KO4. The Labute approximate surface area is 122 Å². The van der Waals surface area contributed by atoms with Crippen LogP contribution in [-0.2, 0) is 9.59 Å². The summed E-state index contributed by atoms with van der Waals surface area (Å²) in [5, 5.41) is 17.6. The van der Waals surface area contributed by atoms with E-state index in [1.54, 1.807) is 20.8 Å². The molecule has 0 radical (unpaired) electrons. The average Bonchev–Trinajstić information content (AvgIpc) is 1.86. The third-order valence-electron chi connectivity index (χ3n) is 2.31. The molecule has 72 valence electrons. The van der Waals surface area contributed by atoms with Gasteiger partial charge in [0.25, 0.3) is 0 Å². The van der Waals surface area contributed by atoms with Crippen molar-refractivity contribution in [3.63, 3.8) is 0 Å².